The van der Waals surface area contributed by atoms with Gasteiger partial charge in [-0.05, 0) is 24.6 Å². The van der Waals surface area contributed by atoms with Crippen LogP contribution in [-0.2, 0) is 11.2 Å². The van der Waals surface area contributed by atoms with Crippen molar-refractivity contribution in [1.82, 2.24) is 25.3 Å². The zero-order valence-corrected chi connectivity index (χ0v) is 22.0. The molecule has 0 radical (unpaired) electrons. The molecule has 0 saturated carbocycles. The molecule has 1 aromatic carbocycles. The molecule has 3 aliphatic heterocycles. The Morgan fingerprint density at radius 2 is 1.79 bits per heavy atom. The third kappa shape index (κ3) is 6.10. The maximum Gasteiger partial charge on any atom is 0.413 e. The summed E-state index contributed by atoms with van der Waals surface area (Å²) in [5.41, 5.74) is 10.2. The largest absolute Gasteiger partial charge is 0.465 e. The van der Waals surface area contributed by atoms with Crippen molar-refractivity contribution in [3.8, 4) is 11.3 Å². The predicted molar refractivity (Wildman–Crippen MR) is 151 cm³/mol. The number of aromatic nitrogens is 4. The first kappa shape index (κ1) is 26.4. The number of rotatable bonds is 4. The zero-order chi connectivity index (χ0) is 27.2. The lowest BCUT2D eigenvalue weighted by atomic mass is 10.1. The Balaban J connectivity index is 0.000000186. The first-order valence-corrected chi connectivity index (χ1v) is 13.1. The minimum Gasteiger partial charge on any atom is -0.465 e. The first-order valence-electron chi connectivity index (χ1n) is 13.1. The fraction of sp³-hybridized carbons (Fsp3) is 0.423. The zero-order valence-electron chi connectivity index (χ0n) is 22.0. The highest BCUT2D eigenvalue weighted by Crippen LogP contribution is 2.35. The van der Waals surface area contributed by atoms with Crippen LogP contribution in [0.2, 0.25) is 0 Å². The van der Waals surface area contributed by atoms with Gasteiger partial charge in [0.25, 0.3) is 0 Å². The standard InChI is InChI=1S/C15H17N7O3.C11H17N3/c16-13-17-7-9(8-18-13)11-10-1-2-22(15(23)24)12(10)20-14(19-11)21-3-5-25-6-4-21;1-12-10-3-2-4-11(9-10)14-7-5-13-6-8-14/h7-8H,1-6H2,(H,23,24)(H2,16,17,18);2-4,9,12-13H,5-8H2,1H3. The molecule has 0 aliphatic carbocycles. The molecule has 2 fully saturated rings. The fourth-order valence-corrected chi connectivity index (χ4v) is 4.81. The second kappa shape index (κ2) is 12.1. The molecule has 2 saturated heterocycles. The van der Waals surface area contributed by atoms with E-state index in [9.17, 15) is 9.90 Å². The van der Waals surface area contributed by atoms with Crippen molar-refractivity contribution in [2.75, 3.05) is 91.8 Å². The van der Waals surface area contributed by atoms with E-state index in [-0.39, 0.29) is 5.95 Å². The van der Waals surface area contributed by atoms with E-state index < -0.39 is 6.09 Å². The minimum absolute atomic E-state index is 0.176. The summed E-state index contributed by atoms with van der Waals surface area (Å²) in [7, 11) is 1.96. The van der Waals surface area contributed by atoms with Crippen LogP contribution in [0.4, 0.5) is 33.9 Å². The Morgan fingerprint density at radius 1 is 1.05 bits per heavy atom. The number of nitrogens with zero attached hydrogens (tertiary/aromatic N) is 7. The molecule has 13 nitrogen and oxygen atoms in total. The average molecular weight is 535 g/mol. The third-order valence-electron chi connectivity index (χ3n) is 6.90. The van der Waals surface area contributed by atoms with Crippen LogP contribution < -0.4 is 31.1 Å². The Morgan fingerprint density at radius 3 is 2.49 bits per heavy atom. The third-order valence-corrected chi connectivity index (χ3v) is 6.90. The number of benzene rings is 1. The number of piperazine rings is 1. The SMILES string of the molecule is CNc1cccc(N2CCNCC2)c1.Nc1ncc(-c2nc(N3CCOCC3)nc3c2CCN3C(=O)O)cn1. The molecular formula is C26H34N10O3. The monoisotopic (exact) mass is 534 g/mol. The molecular weight excluding hydrogens is 500 g/mol. The van der Waals surface area contributed by atoms with Gasteiger partial charge in [-0.2, -0.15) is 4.98 Å². The number of hydrogen-bond donors (Lipinski definition) is 4. The van der Waals surface area contributed by atoms with Gasteiger partial charge in [0.15, 0.2) is 0 Å². The van der Waals surface area contributed by atoms with E-state index in [1.165, 1.54) is 16.3 Å². The van der Waals surface area contributed by atoms with Crippen LogP contribution in [0.5, 0.6) is 0 Å². The van der Waals surface area contributed by atoms with Crippen molar-refractivity contribution in [1.29, 1.82) is 0 Å². The molecule has 0 spiro atoms. The van der Waals surface area contributed by atoms with Crippen molar-refractivity contribution >= 4 is 35.2 Å². The fourth-order valence-electron chi connectivity index (χ4n) is 4.81. The smallest absolute Gasteiger partial charge is 0.413 e. The number of carboxylic acid groups (broad SMARTS) is 1. The van der Waals surface area contributed by atoms with Crippen LogP contribution in [0.1, 0.15) is 5.56 Å². The van der Waals surface area contributed by atoms with Gasteiger partial charge in [-0.1, -0.05) is 6.07 Å². The summed E-state index contributed by atoms with van der Waals surface area (Å²) >= 11 is 0. The second-order valence-corrected chi connectivity index (χ2v) is 9.33. The summed E-state index contributed by atoms with van der Waals surface area (Å²) in [6, 6.07) is 8.56. The van der Waals surface area contributed by atoms with Gasteiger partial charge in [-0.3, -0.25) is 4.90 Å². The number of hydrogen-bond acceptors (Lipinski definition) is 11. The highest BCUT2D eigenvalue weighted by molar-refractivity contribution is 5.89. The second-order valence-electron chi connectivity index (χ2n) is 9.33. The summed E-state index contributed by atoms with van der Waals surface area (Å²) in [5.74, 6) is 1.09. The van der Waals surface area contributed by atoms with Crippen LogP contribution in [0, 0.1) is 0 Å². The quantitative estimate of drug-likeness (QED) is 0.383. The lowest BCUT2D eigenvalue weighted by molar-refractivity contribution is 0.122. The maximum absolute atomic E-state index is 11.5. The predicted octanol–water partition coefficient (Wildman–Crippen LogP) is 1.53. The van der Waals surface area contributed by atoms with Gasteiger partial charge < -0.3 is 36.0 Å². The normalized spacial score (nSPS) is 16.8. The molecule has 6 rings (SSSR count). The lowest BCUT2D eigenvalue weighted by Gasteiger charge is -2.29. The molecule has 206 valence electrons. The van der Waals surface area contributed by atoms with Crippen LogP contribution in [-0.4, -0.2) is 97.2 Å². The summed E-state index contributed by atoms with van der Waals surface area (Å²) in [5, 5.41) is 16.0. The Kier molecular flexibility index (Phi) is 8.18. The van der Waals surface area contributed by atoms with Gasteiger partial charge in [0.2, 0.25) is 11.9 Å². The molecule has 13 heteroatoms. The van der Waals surface area contributed by atoms with Crippen molar-refractivity contribution in [3.63, 3.8) is 0 Å². The maximum atomic E-state index is 11.5. The van der Waals surface area contributed by atoms with Gasteiger partial charge in [-0.25, -0.2) is 19.7 Å². The minimum atomic E-state index is -1.02. The van der Waals surface area contributed by atoms with Crippen LogP contribution in [0.3, 0.4) is 0 Å². The topological polar surface area (TPSA) is 158 Å². The molecule has 39 heavy (non-hydrogen) atoms. The van der Waals surface area contributed by atoms with Crippen molar-refractivity contribution in [3.05, 3.63) is 42.2 Å². The van der Waals surface area contributed by atoms with E-state index in [2.05, 4.69) is 59.7 Å². The van der Waals surface area contributed by atoms with E-state index in [0.717, 1.165) is 31.7 Å². The Hall–Kier alpha value is -4.23. The molecule has 3 aliphatic rings. The van der Waals surface area contributed by atoms with Crippen LogP contribution in [0.15, 0.2) is 36.7 Å². The van der Waals surface area contributed by atoms with E-state index >= 15 is 0 Å². The molecule has 1 amide bonds. The molecule has 3 aromatic rings. The highest BCUT2D eigenvalue weighted by atomic mass is 16.5. The van der Waals surface area contributed by atoms with Crippen molar-refractivity contribution < 1.29 is 14.6 Å². The number of anilines is 5. The van der Waals surface area contributed by atoms with E-state index in [0.29, 0.717) is 62.3 Å². The number of amides is 1. The number of nitrogens with two attached hydrogens (primary N) is 1. The summed E-state index contributed by atoms with van der Waals surface area (Å²) in [6.07, 6.45) is 2.71. The number of carbonyl (C=O) groups is 1. The van der Waals surface area contributed by atoms with Gasteiger partial charge in [0.1, 0.15) is 5.82 Å². The number of fused-ring (bicyclic) bond motifs is 1. The van der Waals surface area contributed by atoms with Crippen LogP contribution in [0.25, 0.3) is 11.3 Å². The van der Waals surface area contributed by atoms with Crippen molar-refractivity contribution in [2.45, 2.75) is 6.42 Å². The highest BCUT2D eigenvalue weighted by Gasteiger charge is 2.31. The molecule has 0 bridgehead atoms. The number of morpholine rings is 1. The molecule has 2 aromatic heterocycles. The lowest BCUT2D eigenvalue weighted by Crippen LogP contribution is -2.43. The number of nitrogen functional groups attached to an aromatic ring is 1. The van der Waals surface area contributed by atoms with E-state index in [4.69, 9.17) is 10.5 Å². The van der Waals surface area contributed by atoms with Gasteiger partial charge in [0, 0.05) is 87.8 Å². The molecule has 5 heterocycles. The van der Waals surface area contributed by atoms with Gasteiger partial charge >= 0.3 is 6.09 Å². The average Bonchev–Trinajstić information content (AvgIpc) is 3.43. The summed E-state index contributed by atoms with van der Waals surface area (Å²) in [4.78, 5) is 34.4. The summed E-state index contributed by atoms with van der Waals surface area (Å²) in [6.45, 7) is 7.22. The molecule has 0 unspecified atom stereocenters. The molecule has 5 N–H and O–H groups in total. The van der Waals surface area contributed by atoms with Crippen molar-refractivity contribution in [2.24, 2.45) is 0 Å². The van der Waals surface area contributed by atoms with Gasteiger partial charge in [0.05, 0.1) is 18.9 Å². The molecule has 0 atom stereocenters. The van der Waals surface area contributed by atoms with E-state index in [1.807, 2.05) is 11.9 Å². The first-order chi connectivity index (χ1) is 19.0. The number of nitrogens with one attached hydrogen (secondary N) is 2. The van der Waals surface area contributed by atoms with Crippen LogP contribution >= 0.6 is 0 Å². The Labute approximate surface area is 227 Å². The van der Waals surface area contributed by atoms with E-state index in [1.54, 1.807) is 12.4 Å². The summed E-state index contributed by atoms with van der Waals surface area (Å²) < 4.78 is 5.37. The number of ether oxygens (including phenoxy) is 1. The Bertz CT molecular complexity index is 1280. The van der Waals surface area contributed by atoms with Gasteiger partial charge in [-0.15, -0.1) is 0 Å².